The number of hydrogen-bond acceptors (Lipinski definition) is 18. The Hall–Kier alpha value is -5.09. The van der Waals surface area contributed by atoms with E-state index in [9.17, 15) is 29.4 Å². The highest BCUT2D eigenvalue weighted by Gasteiger charge is 2.55. The van der Waals surface area contributed by atoms with Gasteiger partial charge in [0.15, 0.2) is 29.1 Å². The van der Waals surface area contributed by atoms with Crippen molar-refractivity contribution in [1.29, 1.82) is 5.41 Å². The molecule has 24 nitrogen and oxygen atoms in total. The lowest BCUT2D eigenvalue weighted by Crippen LogP contribution is -2.71. The maximum Gasteiger partial charge on any atom is 1.00 e. The number of aliphatic carboxylic acids is 2. The Bertz CT molecular complexity index is 1890. The molecule has 280 valence electrons. The molecule has 0 unspecified atom stereocenters. The number of nitrogen functional groups attached to an aromatic ring is 2. The molecule has 0 bridgehead atoms. The fraction of sp³-hybridized carbons (Fsp3) is 0.458. The van der Waals surface area contributed by atoms with E-state index in [2.05, 4.69) is 19.8 Å². The van der Waals surface area contributed by atoms with Gasteiger partial charge in [-0.25, -0.2) is 9.59 Å². The minimum absolute atomic E-state index is 0. The van der Waals surface area contributed by atoms with Gasteiger partial charge in [-0.05, 0) is 26.8 Å². The number of fused-ring (bicyclic) bond motifs is 1. The van der Waals surface area contributed by atoms with Crippen LogP contribution in [0.2, 0.25) is 0 Å². The zero-order valence-corrected chi connectivity index (χ0v) is 29.5. The fourth-order valence-corrected chi connectivity index (χ4v) is 6.27. The summed E-state index contributed by atoms with van der Waals surface area (Å²) in [5.41, 5.74) is 21.6. The van der Waals surface area contributed by atoms with Gasteiger partial charge < -0.3 is 57.3 Å². The van der Waals surface area contributed by atoms with Crippen LogP contribution in [0.4, 0.5) is 16.6 Å². The summed E-state index contributed by atoms with van der Waals surface area (Å²) in [7, 11) is -3.51. The van der Waals surface area contributed by atoms with E-state index in [4.69, 9.17) is 50.7 Å². The van der Waals surface area contributed by atoms with E-state index in [0.29, 0.717) is 30.8 Å². The Kier molecular flexibility index (Phi) is 12.5. The summed E-state index contributed by atoms with van der Waals surface area (Å²) in [6, 6.07) is -1.15. The van der Waals surface area contributed by atoms with Crippen LogP contribution in [0, 0.1) is 5.41 Å². The van der Waals surface area contributed by atoms with Crippen LogP contribution < -0.4 is 37.8 Å². The van der Waals surface area contributed by atoms with Crippen LogP contribution in [0.15, 0.2) is 22.6 Å². The third-order valence-corrected chi connectivity index (χ3v) is 8.96. The maximum atomic E-state index is 13.3. The lowest BCUT2D eigenvalue weighted by molar-refractivity contribution is -0.765. The SMILES string of the molecule is Cn1c(N)c(N(CCCN)C(=N)N)c[n+]1CC1=C(C(=O)O)N2C(=O)[C@@H](NC(=O)C(=NOC(C)(C)C(=O)O)c3nsc(N)n3)[C@H]2SC1.O=S(=O)([O-])[O-].[H+]. The number of carboxylic acid groups (broad SMARTS) is 2. The first-order valence-electron chi connectivity index (χ1n) is 14.2. The number of hydrogen-bond donors (Lipinski definition) is 8. The fourth-order valence-electron chi connectivity index (χ4n) is 4.50. The molecular weight excluding hydrogens is 743 g/mol. The molecule has 2 amide bonds. The number of nitrogens with one attached hydrogen (secondary N) is 2. The second-order valence-electron chi connectivity index (χ2n) is 11.0. The van der Waals surface area contributed by atoms with Crippen molar-refractivity contribution in [2.24, 2.45) is 23.7 Å². The second kappa shape index (κ2) is 15.9. The average molecular weight is 778 g/mol. The van der Waals surface area contributed by atoms with Gasteiger partial charge in [0.1, 0.15) is 17.1 Å². The lowest BCUT2D eigenvalue weighted by atomic mass is 10.0. The Morgan fingerprint density at radius 3 is 2.45 bits per heavy atom. The first-order valence-corrected chi connectivity index (χ1v) is 17.4. The molecule has 2 aliphatic rings. The number of thioether (sulfide) groups is 1. The first-order chi connectivity index (χ1) is 23.6. The van der Waals surface area contributed by atoms with Crippen LogP contribution in [0.5, 0.6) is 0 Å². The normalized spacial score (nSPS) is 17.5. The highest BCUT2D eigenvalue weighted by molar-refractivity contribution is 8.00. The molecule has 0 aromatic carbocycles. The number of oxime groups is 1. The summed E-state index contributed by atoms with van der Waals surface area (Å²) < 4.78 is 41.2. The molecule has 4 rings (SSSR count). The van der Waals surface area contributed by atoms with Gasteiger partial charge in [-0.2, -0.15) is 9.36 Å². The first kappa shape index (κ1) is 40.3. The summed E-state index contributed by atoms with van der Waals surface area (Å²) in [6.45, 7) is 3.18. The number of anilines is 3. The molecule has 4 heterocycles. The molecule has 1 fully saturated rings. The molecule has 0 saturated carbocycles. The summed E-state index contributed by atoms with van der Waals surface area (Å²) in [6.07, 6.45) is 2.18. The smallest absolute Gasteiger partial charge is 0.759 e. The van der Waals surface area contributed by atoms with Gasteiger partial charge in [-0.1, -0.05) is 5.16 Å². The molecule has 0 aliphatic carbocycles. The standard InChI is InChI=1S/C24H33N13O7S2.H2O4S/c1-24(2,21(42)43)44-32-12(16-31-23(29)46-33-16)17(38)30-13-18(39)37-14(20(40)41)10(9-45-19(13)37)7-35-8-11(15(26)34(35)3)36(22(27)28)6-4-5-25;1-5(2,3)4/h8,13,19,26H,4-7,9,25H2,1-3H3,(H8,27,28,29,30,31,33,38,40,41,42,43);(H2,1,2,3,4)/t13-,19-;/m1./s1. The van der Waals surface area contributed by atoms with Crippen molar-refractivity contribution in [3.05, 3.63) is 23.3 Å². The number of nitrogens with zero attached hydrogens (tertiary/aromatic N) is 7. The lowest BCUT2D eigenvalue weighted by Gasteiger charge is -2.49. The minimum Gasteiger partial charge on any atom is -0.759 e. The molecule has 0 spiro atoms. The van der Waals surface area contributed by atoms with Crippen molar-refractivity contribution in [3.8, 4) is 0 Å². The number of β-lactam (4-membered cyclic amide) rings is 1. The number of guanidine groups is 1. The monoisotopic (exact) mass is 777 g/mol. The summed E-state index contributed by atoms with van der Waals surface area (Å²) in [4.78, 5) is 62.1. The number of rotatable bonds is 13. The minimum atomic E-state index is -5.17. The van der Waals surface area contributed by atoms with E-state index in [1.54, 1.807) is 22.6 Å². The molecular formula is C24H35N13O11S3. The van der Waals surface area contributed by atoms with Crippen molar-refractivity contribution in [2.45, 2.75) is 43.8 Å². The number of aromatic nitrogens is 4. The maximum absolute atomic E-state index is 13.3. The van der Waals surface area contributed by atoms with E-state index < -0.39 is 56.9 Å². The number of nitrogens with two attached hydrogens (primary N) is 4. The van der Waals surface area contributed by atoms with E-state index in [1.807, 2.05) is 0 Å². The van der Waals surface area contributed by atoms with E-state index in [0.717, 1.165) is 16.4 Å². The zero-order valence-electron chi connectivity index (χ0n) is 28.0. The largest absolute Gasteiger partial charge is 1.00 e. The Balaban J connectivity index is 0.00000146. The number of carbonyl (C=O) groups excluding carboxylic acids is 2. The van der Waals surface area contributed by atoms with Crippen LogP contribution in [0.3, 0.4) is 0 Å². The molecule has 2 aromatic heterocycles. The van der Waals surface area contributed by atoms with Crippen molar-refractivity contribution < 1.29 is 57.9 Å². The predicted molar refractivity (Wildman–Crippen MR) is 178 cm³/mol. The Morgan fingerprint density at radius 1 is 1.31 bits per heavy atom. The average Bonchev–Trinajstić information content (AvgIpc) is 3.56. The molecule has 27 heteroatoms. The van der Waals surface area contributed by atoms with Crippen LogP contribution in [0.25, 0.3) is 0 Å². The summed E-state index contributed by atoms with van der Waals surface area (Å²) >= 11 is 1.98. The van der Waals surface area contributed by atoms with Crippen LogP contribution >= 0.6 is 23.3 Å². The Labute approximate surface area is 298 Å². The molecule has 1 saturated heterocycles. The highest BCUT2D eigenvalue weighted by atomic mass is 32.3. The van der Waals surface area contributed by atoms with E-state index in [1.165, 1.54) is 30.5 Å². The van der Waals surface area contributed by atoms with Gasteiger partial charge in [0.05, 0.1) is 7.05 Å². The van der Waals surface area contributed by atoms with E-state index >= 15 is 0 Å². The molecule has 51 heavy (non-hydrogen) atoms. The second-order valence-corrected chi connectivity index (χ2v) is 13.7. The summed E-state index contributed by atoms with van der Waals surface area (Å²) in [5, 5.41) is 32.8. The van der Waals surface area contributed by atoms with Crippen molar-refractivity contribution in [2.75, 3.05) is 35.2 Å². The number of amides is 2. The third kappa shape index (κ3) is 9.58. The van der Waals surface area contributed by atoms with Crippen molar-refractivity contribution in [1.82, 2.24) is 24.3 Å². The number of carbonyl (C=O) groups is 4. The van der Waals surface area contributed by atoms with Gasteiger partial charge in [0.2, 0.25) is 23.3 Å². The highest BCUT2D eigenvalue weighted by Crippen LogP contribution is 2.40. The van der Waals surface area contributed by atoms with Crippen molar-refractivity contribution in [3.63, 3.8) is 0 Å². The third-order valence-electron chi connectivity index (χ3n) is 7.07. The van der Waals surface area contributed by atoms with Gasteiger partial charge in [0.25, 0.3) is 11.8 Å². The molecule has 12 N–H and O–H groups in total. The van der Waals surface area contributed by atoms with Gasteiger partial charge in [-0.3, -0.25) is 28.3 Å². The zero-order chi connectivity index (χ0) is 38.6. The molecule has 2 aromatic rings. The molecule has 0 radical (unpaired) electrons. The quantitative estimate of drug-likeness (QED) is 0.0184. The van der Waals surface area contributed by atoms with Gasteiger partial charge in [0, 0.05) is 39.8 Å². The number of carboxylic acids is 2. The Morgan fingerprint density at radius 2 is 1.94 bits per heavy atom. The van der Waals surface area contributed by atoms with Gasteiger partial charge in [-0.15, -0.1) is 21.1 Å². The summed E-state index contributed by atoms with van der Waals surface area (Å²) in [5.74, 6) is -4.39. The van der Waals surface area contributed by atoms with Crippen LogP contribution in [-0.2, 0) is 48.0 Å². The van der Waals surface area contributed by atoms with Gasteiger partial charge >= 0.3 is 13.4 Å². The van der Waals surface area contributed by atoms with Crippen LogP contribution in [-0.4, -0.2) is 118 Å². The van der Waals surface area contributed by atoms with Crippen molar-refractivity contribution >= 4 is 85.8 Å². The topological polar surface area (TPSA) is 392 Å². The molecule has 2 aliphatic heterocycles. The van der Waals surface area contributed by atoms with E-state index in [-0.39, 0.29) is 42.2 Å². The predicted octanol–water partition coefficient (Wildman–Crippen LogP) is -3.83. The molecule has 2 atom stereocenters. The van der Waals surface area contributed by atoms with Crippen LogP contribution in [0.1, 0.15) is 27.5 Å².